The predicted octanol–water partition coefficient (Wildman–Crippen LogP) is 3.64. The van der Waals surface area contributed by atoms with Crippen molar-refractivity contribution in [1.29, 1.82) is 0 Å². The zero-order valence-corrected chi connectivity index (χ0v) is 12.6. The SMILES string of the molecule is Cc1cc(C)n(-c2ccc(CNC(C)C)cc2Cl)n1. The van der Waals surface area contributed by atoms with Crippen LogP contribution in [0.3, 0.4) is 0 Å². The fourth-order valence-corrected chi connectivity index (χ4v) is 2.31. The molecular formula is C15H20ClN3. The van der Waals surface area contributed by atoms with Crippen molar-refractivity contribution in [1.82, 2.24) is 15.1 Å². The van der Waals surface area contributed by atoms with E-state index in [0.717, 1.165) is 28.6 Å². The van der Waals surface area contributed by atoms with Gasteiger partial charge in [-0.2, -0.15) is 5.10 Å². The van der Waals surface area contributed by atoms with Gasteiger partial charge in [0.1, 0.15) is 0 Å². The van der Waals surface area contributed by atoms with E-state index in [2.05, 4.69) is 30.3 Å². The molecule has 1 heterocycles. The third kappa shape index (κ3) is 3.37. The summed E-state index contributed by atoms with van der Waals surface area (Å²) < 4.78 is 1.89. The molecule has 19 heavy (non-hydrogen) atoms. The Balaban J connectivity index is 2.27. The van der Waals surface area contributed by atoms with E-state index in [9.17, 15) is 0 Å². The highest BCUT2D eigenvalue weighted by molar-refractivity contribution is 6.32. The molecule has 1 aromatic carbocycles. The Morgan fingerprint density at radius 1 is 1.26 bits per heavy atom. The number of hydrogen-bond acceptors (Lipinski definition) is 2. The molecule has 0 aliphatic rings. The molecule has 3 nitrogen and oxygen atoms in total. The summed E-state index contributed by atoms with van der Waals surface area (Å²) >= 11 is 6.37. The van der Waals surface area contributed by atoms with Crippen molar-refractivity contribution >= 4 is 11.6 Å². The van der Waals surface area contributed by atoms with Gasteiger partial charge >= 0.3 is 0 Å². The van der Waals surface area contributed by atoms with Gasteiger partial charge in [-0.05, 0) is 37.6 Å². The average molecular weight is 278 g/mol. The van der Waals surface area contributed by atoms with Gasteiger partial charge in [-0.25, -0.2) is 4.68 Å². The number of hydrogen-bond donors (Lipinski definition) is 1. The van der Waals surface area contributed by atoms with E-state index in [1.54, 1.807) is 0 Å². The second-order valence-electron chi connectivity index (χ2n) is 5.16. The van der Waals surface area contributed by atoms with Crippen LogP contribution in [0.5, 0.6) is 0 Å². The van der Waals surface area contributed by atoms with Gasteiger partial charge < -0.3 is 5.32 Å². The van der Waals surface area contributed by atoms with Crippen LogP contribution in [0.2, 0.25) is 5.02 Å². The minimum absolute atomic E-state index is 0.467. The van der Waals surface area contributed by atoms with Crippen LogP contribution in [0.15, 0.2) is 24.3 Å². The van der Waals surface area contributed by atoms with Gasteiger partial charge in [0.2, 0.25) is 0 Å². The highest BCUT2D eigenvalue weighted by Crippen LogP contribution is 2.23. The first-order valence-corrected chi connectivity index (χ1v) is 6.90. The molecule has 1 aromatic heterocycles. The lowest BCUT2D eigenvalue weighted by Crippen LogP contribution is -2.21. The average Bonchev–Trinajstić information content (AvgIpc) is 2.66. The summed E-state index contributed by atoms with van der Waals surface area (Å²) in [5.41, 5.74) is 4.20. The maximum atomic E-state index is 6.37. The summed E-state index contributed by atoms with van der Waals surface area (Å²) in [4.78, 5) is 0. The Morgan fingerprint density at radius 2 is 2.00 bits per heavy atom. The Bertz CT molecular complexity index is 573. The molecule has 0 amide bonds. The van der Waals surface area contributed by atoms with Crippen LogP contribution in [-0.4, -0.2) is 15.8 Å². The van der Waals surface area contributed by atoms with Crippen molar-refractivity contribution in [3.8, 4) is 5.69 Å². The number of halogens is 1. The molecule has 0 aliphatic heterocycles. The smallest absolute Gasteiger partial charge is 0.0835 e. The minimum Gasteiger partial charge on any atom is -0.310 e. The third-order valence-corrected chi connectivity index (χ3v) is 3.27. The maximum absolute atomic E-state index is 6.37. The van der Waals surface area contributed by atoms with E-state index >= 15 is 0 Å². The number of nitrogens with one attached hydrogen (secondary N) is 1. The molecule has 0 radical (unpaired) electrons. The highest BCUT2D eigenvalue weighted by Gasteiger charge is 2.08. The van der Waals surface area contributed by atoms with Crippen LogP contribution in [0.4, 0.5) is 0 Å². The van der Waals surface area contributed by atoms with Crippen LogP contribution < -0.4 is 5.32 Å². The molecule has 1 N–H and O–H groups in total. The van der Waals surface area contributed by atoms with E-state index in [-0.39, 0.29) is 0 Å². The van der Waals surface area contributed by atoms with Gasteiger partial charge in [0.15, 0.2) is 0 Å². The minimum atomic E-state index is 0.467. The highest BCUT2D eigenvalue weighted by atomic mass is 35.5. The first-order chi connectivity index (χ1) is 8.97. The number of aromatic nitrogens is 2. The molecule has 102 valence electrons. The standard InChI is InChI=1S/C15H20ClN3/c1-10(2)17-9-13-5-6-15(14(16)8-13)19-12(4)7-11(3)18-19/h5-8,10,17H,9H2,1-4H3. The van der Waals surface area contributed by atoms with E-state index < -0.39 is 0 Å². The molecule has 0 fully saturated rings. The Labute approximate surface area is 119 Å². The lowest BCUT2D eigenvalue weighted by Gasteiger charge is -2.11. The van der Waals surface area contributed by atoms with Gasteiger partial charge in [-0.1, -0.05) is 31.5 Å². The van der Waals surface area contributed by atoms with Crippen LogP contribution in [0.25, 0.3) is 5.69 Å². The van der Waals surface area contributed by atoms with Gasteiger partial charge in [0.25, 0.3) is 0 Å². The number of rotatable bonds is 4. The van der Waals surface area contributed by atoms with Crippen molar-refractivity contribution in [2.45, 2.75) is 40.3 Å². The second-order valence-corrected chi connectivity index (χ2v) is 5.57. The van der Waals surface area contributed by atoms with Gasteiger partial charge in [-0.3, -0.25) is 0 Å². The number of benzene rings is 1. The summed E-state index contributed by atoms with van der Waals surface area (Å²) in [6, 6.07) is 8.63. The summed E-state index contributed by atoms with van der Waals surface area (Å²) in [5, 5.41) is 8.58. The Kier molecular flexibility index (Phi) is 4.27. The predicted molar refractivity (Wildman–Crippen MR) is 80.0 cm³/mol. The molecule has 0 atom stereocenters. The summed E-state index contributed by atoms with van der Waals surface area (Å²) in [7, 11) is 0. The van der Waals surface area contributed by atoms with Crippen molar-refractivity contribution < 1.29 is 0 Å². The zero-order chi connectivity index (χ0) is 14.0. The third-order valence-electron chi connectivity index (χ3n) is 2.96. The van der Waals surface area contributed by atoms with Crippen LogP contribution in [-0.2, 0) is 6.54 Å². The summed E-state index contributed by atoms with van der Waals surface area (Å²) in [6.07, 6.45) is 0. The van der Waals surface area contributed by atoms with Crippen molar-refractivity contribution in [2.24, 2.45) is 0 Å². The molecule has 0 bridgehead atoms. The van der Waals surface area contributed by atoms with Gasteiger partial charge in [0, 0.05) is 18.3 Å². The van der Waals surface area contributed by atoms with Crippen LogP contribution in [0.1, 0.15) is 30.8 Å². The summed E-state index contributed by atoms with van der Waals surface area (Å²) in [6.45, 7) is 9.11. The topological polar surface area (TPSA) is 29.9 Å². The lowest BCUT2D eigenvalue weighted by atomic mass is 10.2. The van der Waals surface area contributed by atoms with E-state index in [4.69, 9.17) is 11.6 Å². The quantitative estimate of drug-likeness (QED) is 0.925. The molecule has 0 spiro atoms. The van der Waals surface area contributed by atoms with E-state index in [1.807, 2.05) is 36.7 Å². The molecule has 0 saturated heterocycles. The lowest BCUT2D eigenvalue weighted by molar-refractivity contribution is 0.589. The van der Waals surface area contributed by atoms with Gasteiger partial charge in [0.05, 0.1) is 16.4 Å². The Morgan fingerprint density at radius 3 is 2.53 bits per heavy atom. The van der Waals surface area contributed by atoms with Crippen molar-refractivity contribution in [3.63, 3.8) is 0 Å². The first kappa shape index (κ1) is 14.1. The first-order valence-electron chi connectivity index (χ1n) is 6.53. The number of nitrogens with zero attached hydrogens (tertiary/aromatic N) is 2. The van der Waals surface area contributed by atoms with E-state index in [1.165, 1.54) is 5.56 Å². The fraction of sp³-hybridized carbons (Fsp3) is 0.400. The fourth-order valence-electron chi connectivity index (χ4n) is 2.03. The maximum Gasteiger partial charge on any atom is 0.0835 e. The number of aryl methyl sites for hydroxylation is 2. The monoisotopic (exact) mass is 277 g/mol. The molecule has 0 aliphatic carbocycles. The molecule has 2 rings (SSSR count). The molecular weight excluding hydrogens is 258 g/mol. The molecule has 0 saturated carbocycles. The van der Waals surface area contributed by atoms with E-state index in [0.29, 0.717) is 6.04 Å². The largest absolute Gasteiger partial charge is 0.310 e. The van der Waals surface area contributed by atoms with Crippen LogP contribution >= 0.6 is 11.6 Å². The van der Waals surface area contributed by atoms with Crippen molar-refractivity contribution in [2.75, 3.05) is 0 Å². The zero-order valence-electron chi connectivity index (χ0n) is 11.9. The Hall–Kier alpha value is -1.32. The van der Waals surface area contributed by atoms with Gasteiger partial charge in [-0.15, -0.1) is 0 Å². The molecule has 0 unspecified atom stereocenters. The van der Waals surface area contributed by atoms with Crippen LogP contribution in [0, 0.1) is 13.8 Å². The molecule has 4 heteroatoms. The second kappa shape index (κ2) is 5.76. The molecule has 2 aromatic rings. The normalized spacial score (nSPS) is 11.3. The summed E-state index contributed by atoms with van der Waals surface area (Å²) in [5.74, 6) is 0. The van der Waals surface area contributed by atoms with Crippen molar-refractivity contribution in [3.05, 3.63) is 46.2 Å².